The van der Waals surface area contributed by atoms with Crippen molar-refractivity contribution in [2.24, 2.45) is 0 Å². The Kier molecular flexibility index (Phi) is 2.66. The highest BCUT2D eigenvalue weighted by atomic mass is 15.2. The number of nitrogens with zero attached hydrogens (tertiary/aromatic N) is 2. The summed E-state index contributed by atoms with van der Waals surface area (Å²) >= 11 is 0. The molecule has 0 saturated carbocycles. The highest BCUT2D eigenvalue weighted by Gasteiger charge is 2.15. The summed E-state index contributed by atoms with van der Waals surface area (Å²) in [6.45, 7) is 2.04. The Balaban J connectivity index is 2.06. The first-order valence-electron chi connectivity index (χ1n) is 5.95. The van der Waals surface area contributed by atoms with Gasteiger partial charge in [0.05, 0.1) is 17.6 Å². The maximum absolute atomic E-state index is 4.18. The fourth-order valence-corrected chi connectivity index (χ4v) is 2.22. The van der Waals surface area contributed by atoms with Gasteiger partial charge >= 0.3 is 0 Å². The van der Waals surface area contributed by atoms with E-state index < -0.39 is 0 Å². The molecule has 0 radical (unpaired) electrons. The van der Waals surface area contributed by atoms with E-state index in [1.54, 1.807) is 0 Å². The summed E-state index contributed by atoms with van der Waals surface area (Å²) in [7, 11) is 0. The lowest BCUT2D eigenvalue weighted by Crippen LogP contribution is -2.17. The van der Waals surface area contributed by atoms with Crippen LogP contribution in [0.25, 0.3) is 0 Å². The SMILES string of the molecule is c1ccc(N2CCCNc3cnccc32)cc1. The highest BCUT2D eigenvalue weighted by Crippen LogP contribution is 2.32. The van der Waals surface area contributed by atoms with Crippen LogP contribution in [-0.4, -0.2) is 18.1 Å². The van der Waals surface area contributed by atoms with Gasteiger partial charge in [-0.25, -0.2) is 0 Å². The zero-order chi connectivity index (χ0) is 11.5. The molecule has 3 rings (SSSR count). The van der Waals surface area contributed by atoms with Crippen molar-refractivity contribution in [1.82, 2.24) is 4.98 Å². The molecule has 0 saturated heterocycles. The van der Waals surface area contributed by atoms with Gasteiger partial charge in [-0.1, -0.05) is 18.2 Å². The molecule has 1 aliphatic rings. The summed E-state index contributed by atoms with van der Waals surface area (Å²) in [6, 6.07) is 12.6. The Morgan fingerprint density at radius 2 is 2.00 bits per heavy atom. The zero-order valence-electron chi connectivity index (χ0n) is 9.63. The molecular formula is C14H15N3. The normalized spacial score (nSPS) is 14.7. The fraction of sp³-hybridized carbons (Fsp3) is 0.214. The van der Waals surface area contributed by atoms with Gasteiger partial charge in [-0.15, -0.1) is 0 Å². The summed E-state index contributed by atoms with van der Waals surface area (Å²) in [5, 5.41) is 3.42. The maximum Gasteiger partial charge on any atom is 0.0768 e. The van der Waals surface area contributed by atoms with Crippen molar-refractivity contribution >= 4 is 17.1 Å². The van der Waals surface area contributed by atoms with Crippen molar-refractivity contribution in [3.8, 4) is 0 Å². The number of rotatable bonds is 1. The predicted octanol–water partition coefficient (Wildman–Crippen LogP) is 3.04. The summed E-state index contributed by atoms with van der Waals surface area (Å²) in [4.78, 5) is 6.52. The molecule has 0 atom stereocenters. The lowest BCUT2D eigenvalue weighted by Gasteiger charge is -2.24. The molecule has 17 heavy (non-hydrogen) atoms. The first kappa shape index (κ1) is 10.1. The number of fused-ring (bicyclic) bond motifs is 1. The lowest BCUT2D eigenvalue weighted by molar-refractivity contribution is 0.863. The van der Waals surface area contributed by atoms with Crippen LogP contribution in [0.3, 0.4) is 0 Å². The topological polar surface area (TPSA) is 28.2 Å². The number of aromatic nitrogens is 1. The van der Waals surface area contributed by atoms with Crippen LogP contribution in [0.1, 0.15) is 6.42 Å². The molecule has 0 fully saturated rings. The molecule has 2 heterocycles. The second kappa shape index (κ2) is 4.45. The number of anilines is 3. The lowest BCUT2D eigenvalue weighted by atomic mass is 10.2. The number of para-hydroxylation sites is 1. The molecule has 0 bridgehead atoms. The molecule has 0 aliphatic carbocycles. The van der Waals surface area contributed by atoms with E-state index in [1.807, 2.05) is 18.5 Å². The number of hydrogen-bond donors (Lipinski definition) is 1. The minimum Gasteiger partial charge on any atom is -0.382 e. The van der Waals surface area contributed by atoms with Crippen LogP contribution in [0.5, 0.6) is 0 Å². The van der Waals surface area contributed by atoms with Crippen LogP contribution < -0.4 is 10.2 Å². The molecule has 1 N–H and O–H groups in total. The molecule has 1 aromatic carbocycles. The fourth-order valence-electron chi connectivity index (χ4n) is 2.22. The quantitative estimate of drug-likeness (QED) is 0.808. The third-order valence-corrected chi connectivity index (χ3v) is 3.03. The Labute approximate surface area is 101 Å². The van der Waals surface area contributed by atoms with Gasteiger partial charge in [-0.2, -0.15) is 0 Å². The Bertz CT molecular complexity index is 496. The van der Waals surface area contributed by atoms with Crippen LogP contribution in [0.4, 0.5) is 17.1 Å². The summed E-state index contributed by atoms with van der Waals surface area (Å²) < 4.78 is 0. The molecule has 1 aromatic heterocycles. The highest BCUT2D eigenvalue weighted by molar-refractivity contribution is 5.76. The van der Waals surface area contributed by atoms with Crippen molar-refractivity contribution in [1.29, 1.82) is 0 Å². The van der Waals surface area contributed by atoms with Crippen LogP contribution in [0.15, 0.2) is 48.8 Å². The van der Waals surface area contributed by atoms with E-state index in [9.17, 15) is 0 Å². The van der Waals surface area contributed by atoms with Gasteiger partial charge < -0.3 is 10.2 Å². The minimum absolute atomic E-state index is 1.00. The van der Waals surface area contributed by atoms with Gasteiger partial charge in [-0.3, -0.25) is 4.98 Å². The molecule has 3 heteroatoms. The Morgan fingerprint density at radius 1 is 1.12 bits per heavy atom. The van der Waals surface area contributed by atoms with Gasteiger partial charge in [0.15, 0.2) is 0 Å². The van der Waals surface area contributed by atoms with E-state index in [2.05, 4.69) is 45.5 Å². The molecule has 3 nitrogen and oxygen atoms in total. The number of nitrogens with one attached hydrogen (secondary N) is 1. The van der Waals surface area contributed by atoms with Gasteiger partial charge in [0.2, 0.25) is 0 Å². The van der Waals surface area contributed by atoms with Gasteiger partial charge in [0, 0.05) is 25.0 Å². The van der Waals surface area contributed by atoms with E-state index in [0.717, 1.165) is 25.2 Å². The second-order valence-electron chi connectivity index (χ2n) is 4.16. The molecule has 1 aliphatic heterocycles. The van der Waals surface area contributed by atoms with E-state index in [-0.39, 0.29) is 0 Å². The molecular weight excluding hydrogens is 210 g/mol. The predicted molar refractivity (Wildman–Crippen MR) is 70.8 cm³/mol. The summed E-state index contributed by atoms with van der Waals surface area (Å²) in [5.41, 5.74) is 3.57. The Morgan fingerprint density at radius 3 is 2.88 bits per heavy atom. The monoisotopic (exact) mass is 225 g/mol. The van der Waals surface area contributed by atoms with Gasteiger partial charge in [0.1, 0.15) is 0 Å². The number of hydrogen-bond acceptors (Lipinski definition) is 3. The van der Waals surface area contributed by atoms with Gasteiger partial charge in [-0.05, 0) is 24.6 Å². The molecule has 0 spiro atoms. The number of pyridine rings is 1. The van der Waals surface area contributed by atoms with Crippen molar-refractivity contribution < 1.29 is 0 Å². The smallest absolute Gasteiger partial charge is 0.0768 e. The third-order valence-electron chi connectivity index (χ3n) is 3.03. The van der Waals surface area contributed by atoms with Gasteiger partial charge in [0.25, 0.3) is 0 Å². The molecule has 2 aromatic rings. The zero-order valence-corrected chi connectivity index (χ0v) is 9.63. The maximum atomic E-state index is 4.18. The van der Waals surface area contributed by atoms with Crippen LogP contribution in [0.2, 0.25) is 0 Å². The third kappa shape index (κ3) is 1.96. The summed E-state index contributed by atoms with van der Waals surface area (Å²) in [6.07, 6.45) is 4.88. The first-order chi connectivity index (χ1) is 8.45. The van der Waals surface area contributed by atoms with E-state index in [4.69, 9.17) is 0 Å². The summed E-state index contributed by atoms with van der Waals surface area (Å²) in [5.74, 6) is 0. The van der Waals surface area contributed by atoms with Crippen LogP contribution >= 0.6 is 0 Å². The van der Waals surface area contributed by atoms with E-state index in [1.165, 1.54) is 11.4 Å². The first-order valence-corrected chi connectivity index (χ1v) is 5.95. The number of benzene rings is 1. The largest absolute Gasteiger partial charge is 0.382 e. The van der Waals surface area contributed by atoms with Crippen LogP contribution in [0, 0.1) is 0 Å². The van der Waals surface area contributed by atoms with Crippen molar-refractivity contribution in [2.45, 2.75) is 6.42 Å². The molecule has 0 amide bonds. The average Bonchev–Trinajstić information content (AvgIpc) is 2.62. The minimum atomic E-state index is 1.00. The van der Waals surface area contributed by atoms with E-state index >= 15 is 0 Å². The standard InChI is InChI=1S/C14H15N3/c1-2-5-12(6-3-1)17-10-4-8-16-13-11-15-9-7-14(13)17/h1-3,5-7,9,11,16H,4,8,10H2. The second-order valence-corrected chi connectivity index (χ2v) is 4.16. The Hall–Kier alpha value is -2.03. The van der Waals surface area contributed by atoms with Crippen molar-refractivity contribution in [3.05, 3.63) is 48.8 Å². The van der Waals surface area contributed by atoms with Crippen molar-refractivity contribution in [2.75, 3.05) is 23.3 Å². The molecule has 86 valence electrons. The van der Waals surface area contributed by atoms with Crippen molar-refractivity contribution in [3.63, 3.8) is 0 Å². The van der Waals surface area contributed by atoms with Crippen LogP contribution in [-0.2, 0) is 0 Å². The van der Waals surface area contributed by atoms with E-state index in [0.29, 0.717) is 0 Å². The molecule has 0 unspecified atom stereocenters. The average molecular weight is 225 g/mol.